The van der Waals surface area contributed by atoms with E-state index in [1.54, 1.807) is 29.9 Å². The Bertz CT molecular complexity index is 812. The number of Topliss-reactive ketones (excluding diaryl/α,β-unsaturated/α-hetero) is 1. The van der Waals surface area contributed by atoms with E-state index in [1.807, 2.05) is 0 Å². The second-order valence-electron chi connectivity index (χ2n) is 5.52. The minimum absolute atomic E-state index is 0.0162. The van der Waals surface area contributed by atoms with Crippen LogP contribution in [0.3, 0.4) is 0 Å². The highest BCUT2D eigenvalue weighted by molar-refractivity contribution is 6.30. The van der Waals surface area contributed by atoms with Crippen molar-refractivity contribution in [1.29, 1.82) is 0 Å². The van der Waals surface area contributed by atoms with E-state index in [1.165, 1.54) is 13.0 Å². The molecule has 2 aromatic rings. The van der Waals surface area contributed by atoms with Gasteiger partial charge in [0.25, 0.3) is 0 Å². The molecule has 1 aliphatic rings. The number of carbonyl (C=O) groups excluding carboxylic acids is 2. The molecule has 0 spiro atoms. The first-order valence-corrected chi connectivity index (χ1v) is 7.69. The molecule has 0 radical (unpaired) electrons. The van der Waals surface area contributed by atoms with Gasteiger partial charge in [0.1, 0.15) is 18.1 Å². The molecule has 0 saturated heterocycles. The van der Waals surface area contributed by atoms with Gasteiger partial charge >= 0.3 is 5.97 Å². The molecule has 0 saturated carbocycles. The van der Waals surface area contributed by atoms with Crippen molar-refractivity contribution < 1.29 is 23.8 Å². The monoisotopic (exact) mass is 349 g/mol. The predicted molar refractivity (Wildman–Crippen MR) is 86.3 cm³/mol. The van der Waals surface area contributed by atoms with Gasteiger partial charge in [-0.05, 0) is 25.1 Å². The smallest absolute Gasteiger partial charge is 0.355 e. The second-order valence-corrected chi connectivity index (χ2v) is 5.96. The molecule has 0 N–H and O–H groups in total. The fraction of sp³-hybridized carbons (Fsp3) is 0.294. The van der Waals surface area contributed by atoms with Crippen LogP contribution in [0.2, 0.25) is 5.02 Å². The van der Waals surface area contributed by atoms with Gasteiger partial charge in [-0.3, -0.25) is 4.79 Å². The lowest BCUT2D eigenvalue weighted by Crippen LogP contribution is -2.15. The zero-order valence-electron chi connectivity index (χ0n) is 13.3. The number of aryl methyl sites for hydroxylation is 1. The van der Waals surface area contributed by atoms with Crippen LogP contribution in [-0.2, 0) is 29.7 Å². The van der Waals surface area contributed by atoms with Crippen LogP contribution in [0.5, 0.6) is 5.75 Å². The van der Waals surface area contributed by atoms with Gasteiger partial charge in [0.2, 0.25) is 0 Å². The Labute approximate surface area is 143 Å². The van der Waals surface area contributed by atoms with Gasteiger partial charge < -0.3 is 18.8 Å². The van der Waals surface area contributed by atoms with Crippen LogP contribution < -0.4 is 4.74 Å². The van der Waals surface area contributed by atoms with Gasteiger partial charge in [0.15, 0.2) is 12.6 Å². The Hall–Kier alpha value is -2.31. The first-order chi connectivity index (χ1) is 11.5. The number of hydrogen-bond acceptors (Lipinski definition) is 5. The molecular weight excluding hydrogens is 334 g/mol. The highest BCUT2D eigenvalue weighted by atomic mass is 35.5. The van der Waals surface area contributed by atoms with Crippen LogP contribution >= 0.6 is 11.6 Å². The lowest BCUT2D eigenvalue weighted by Gasteiger charge is -2.21. The zero-order chi connectivity index (χ0) is 17.3. The molecule has 0 unspecified atom stereocenters. The summed E-state index contributed by atoms with van der Waals surface area (Å²) in [6.45, 7) is 2.01. The average Bonchev–Trinajstić information content (AvgIpc) is 2.94. The molecule has 3 rings (SSSR count). The van der Waals surface area contributed by atoms with Gasteiger partial charge in [-0.25, -0.2) is 4.79 Å². The molecule has 0 fully saturated rings. The number of esters is 1. The number of aromatic nitrogens is 1. The Morgan fingerprint density at radius 2 is 2.12 bits per heavy atom. The largest absolute Gasteiger partial charge is 0.467 e. The van der Waals surface area contributed by atoms with Gasteiger partial charge in [0.05, 0.1) is 6.61 Å². The summed E-state index contributed by atoms with van der Waals surface area (Å²) in [4.78, 5) is 23.7. The van der Waals surface area contributed by atoms with Crippen molar-refractivity contribution in [3.05, 3.63) is 51.8 Å². The van der Waals surface area contributed by atoms with Crippen LogP contribution in [0.4, 0.5) is 0 Å². The molecular formula is C17H16ClNO5. The number of fused-ring (bicyclic) bond motifs is 1. The van der Waals surface area contributed by atoms with E-state index in [0.29, 0.717) is 34.2 Å². The molecule has 0 bridgehead atoms. The Morgan fingerprint density at radius 3 is 2.83 bits per heavy atom. The lowest BCUT2D eigenvalue weighted by atomic mass is 10.1. The van der Waals surface area contributed by atoms with Crippen molar-refractivity contribution in [3.8, 4) is 5.75 Å². The van der Waals surface area contributed by atoms with Crippen LogP contribution in [0.15, 0.2) is 24.4 Å². The van der Waals surface area contributed by atoms with Crippen molar-refractivity contribution in [3.63, 3.8) is 0 Å². The molecule has 1 aromatic carbocycles. The van der Waals surface area contributed by atoms with Crippen LogP contribution in [-0.4, -0.2) is 23.1 Å². The fourth-order valence-corrected chi connectivity index (χ4v) is 2.80. The molecule has 24 heavy (non-hydrogen) atoms. The van der Waals surface area contributed by atoms with Crippen molar-refractivity contribution in [2.75, 3.05) is 6.79 Å². The summed E-state index contributed by atoms with van der Waals surface area (Å²) >= 11 is 6.08. The molecule has 0 amide bonds. The van der Waals surface area contributed by atoms with E-state index >= 15 is 0 Å². The van der Waals surface area contributed by atoms with E-state index in [9.17, 15) is 9.59 Å². The Kier molecular flexibility index (Phi) is 4.59. The van der Waals surface area contributed by atoms with Crippen LogP contribution in [0, 0.1) is 0 Å². The molecule has 1 aliphatic heterocycles. The van der Waals surface area contributed by atoms with E-state index < -0.39 is 5.97 Å². The normalized spacial score (nSPS) is 13.1. The summed E-state index contributed by atoms with van der Waals surface area (Å²) in [5.41, 5.74) is 2.26. The number of ether oxygens (including phenoxy) is 3. The van der Waals surface area contributed by atoms with Gasteiger partial charge in [0, 0.05) is 35.0 Å². The standard InChI is InChI=1S/C17H16ClNO5/c1-10(20)11-5-15(19(2)6-11)17(21)23-8-13-4-14(18)3-12-7-22-9-24-16(12)13/h3-6H,7-9H2,1-2H3. The molecule has 6 nitrogen and oxygen atoms in total. The number of halogens is 1. The van der Waals surface area contributed by atoms with E-state index in [4.69, 9.17) is 25.8 Å². The predicted octanol–water partition coefficient (Wildman–Crippen LogP) is 3.10. The SMILES string of the molecule is CC(=O)c1cc(C(=O)OCc2cc(Cl)cc3c2OCOC3)n(C)c1. The second kappa shape index (κ2) is 6.67. The maximum Gasteiger partial charge on any atom is 0.355 e. The highest BCUT2D eigenvalue weighted by Crippen LogP contribution is 2.32. The maximum atomic E-state index is 12.3. The molecule has 7 heteroatoms. The molecule has 126 valence electrons. The molecule has 2 heterocycles. The topological polar surface area (TPSA) is 66.8 Å². The summed E-state index contributed by atoms with van der Waals surface area (Å²) < 4.78 is 17.6. The summed E-state index contributed by atoms with van der Waals surface area (Å²) in [7, 11) is 1.69. The first kappa shape index (κ1) is 16.5. The van der Waals surface area contributed by atoms with E-state index in [-0.39, 0.29) is 19.2 Å². The minimum Gasteiger partial charge on any atom is -0.467 e. The first-order valence-electron chi connectivity index (χ1n) is 7.32. The molecule has 1 aromatic heterocycles. The van der Waals surface area contributed by atoms with Crippen molar-refractivity contribution in [1.82, 2.24) is 4.57 Å². The quantitative estimate of drug-likeness (QED) is 0.626. The molecule has 0 atom stereocenters. The number of ketones is 1. The van der Waals surface area contributed by atoms with Gasteiger partial charge in [-0.2, -0.15) is 0 Å². The molecule has 0 aliphatic carbocycles. The van der Waals surface area contributed by atoms with Gasteiger partial charge in [-0.1, -0.05) is 11.6 Å². The Morgan fingerprint density at radius 1 is 1.33 bits per heavy atom. The fourth-order valence-electron chi connectivity index (χ4n) is 2.54. The minimum atomic E-state index is -0.522. The number of nitrogens with zero attached hydrogens (tertiary/aromatic N) is 1. The zero-order valence-corrected chi connectivity index (χ0v) is 14.1. The van der Waals surface area contributed by atoms with E-state index in [0.717, 1.165) is 5.56 Å². The third-order valence-corrected chi connectivity index (χ3v) is 3.95. The highest BCUT2D eigenvalue weighted by Gasteiger charge is 2.19. The van der Waals surface area contributed by atoms with Crippen LogP contribution in [0.25, 0.3) is 0 Å². The van der Waals surface area contributed by atoms with Crippen molar-refractivity contribution in [2.45, 2.75) is 20.1 Å². The van der Waals surface area contributed by atoms with Crippen LogP contribution in [0.1, 0.15) is 38.9 Å². The lowest BCUT2D eigenvalue weighted by molar-refractivity contribution is -0.0180. The Balaban J connectivity index is 1.77. The summed E-state index contributed by atoms with van der Waals surface area (Å²) in [5.74, 6) is 0.00232. The maximum absolute atomic E-state index is 12.3. The summed E-state index contributed by atoms with van der Waals surface area (Å²) in [5, 5.41) is 0.520. The summed E-state index contributed by atoms with van der Waals surface area (Å²) in [6, 6.07) is 4.98. The average molecular weight is 350 g/mol. The number of carbonyl (C=O) groups is 2. The number of rotatable bonds is 4. The number of benzene rings is 1. The van der Waals surface area contributed by atoms with E-state index in [2.05, 4.69) is 0 Å². The van der Waals surface area contributed by atoms with Crippen molar-refractivity contribution in [2.24, 2.45) is 7.05 Å². The van der Waals surface area contributed by atoms with Crippen molar-refractivity contribution >= 4 is 23.4 Å². The van der Waals surface area contributed by atoms with Gasteiger partial charge in [-0.15, -0.1) is 0 Å². The summed E-state index contributed by atoms with van der Waals surface area (Å²) in [6.07, 6.45) is 1.60. The third kappa shape index (κ3) is 3.29. The number of hydrogen-bond donors (Lipinski definition) is 0. The third-order valence-electron chi connectivity index (χ3n) is 3.73.